The maximum absolute atomic E-state index is 8.49. The largest absolute Gasteiger partial charge is 0.411 e. The predicted octanol–water partition coefficient (Wildman–Crippen LogP) is 3.00. The van der Waals surface area contributed by atoms with E-state index < -0.39 is 0 Å². The molecule has 64 valence electrons. The van der Waals surface area contributed by atoms with Crippen LogP contribution in [0.15, 0.2) is 28.7 Å². The molecule has 0 radical (unpaired) electrons. The van der Waals surface area contributed by atoms with Crippen molar-refractivity contribution in [1.82, 2.24) is 0 Å². The van der Waals surface area contributed by atoms with E-state index in [4.69, 9.17) is 5.21 Å². The van der Waals surface area contributed by atoms with Crippen molar-refractivity contribution in [3.8, 4) is 0 Å². The molecule has 0 amide bonds. The lowest BCUT2D eigenvalue weighted by atomic mass is 10.2. The van der Waals surface area contributed by atoms with Gasteiger partial charge >= 0.3 is 0 Å². The van der Waals surface area contributed by atoms with Crippen molar-refractivity contribution in [2.24, 2.45) is 5.16 Å². The molecule has 0 saturated heterocycles. The molecule has 1 rings (SSSR count). The van der Waals surface area contributed by atoms with E-state index in [9.17, 15) is 0 Å². The van der Waals surface area contributed by atoms with Crippen LogP contribution in [0.3, 0.4) is 0 Å². The average Bonchev–Trinajstić information content (AvgIpc) is 2.59. The van der Waals surface area contributed by atoms with E-state index in [1.54, 1.807) is 11.3 Å². The molecule has 0 spiro atoms. The zero-order valence-corrected chi connectivity index (χ0v) is 7.71. The number of nitrogens with zero attached hydrogens (tertiary/aromatic N) is 1. The summed E-state index contributed by atoms with van der Waals surface area (Å²) in [5.74, 6) is 0. The number of hydrogen-bond acceptors (Lipinski definition) is 3. The van der Waals surface area contributed by atoms with Crippen molar-refractivity contribution < 1.29 is 5.21 Å². The van der Waals surface area contributed by atoms with Gasteiger partial charge in [0.25, 0.3) is 0 Å². The number of rotatable bonds is 3. The van der Waals surface area contributed by atoms with E-state index in [0.29, 0.717) is 5.71 Å². The molecule has 0 fully saturated rings. The predicted molar refractivity (Wildman–Crippen MR) is 52.9 cm³/mol. The second-order valence-corrected chi connectivity index (χ2v) is 3.27. The maximum atomic E-state index is 8.49. The van der Waals surface area contributed by atoms with Crippen molar-refractivity contribution in [1.29, 1.82) is 0 Å². The standard InChI is InChI=1S/C9H11NOS/c1-2-8(10-11)5-6-9-4-3-7-12-9/h3-7,11H,2H2,1H3/b6-5+,10-8-. The normalized spacial score (nSPS) is 12.6. The Morgan fingerprint density at radius 3 is 3.08 bits per heavy atom. The first-order valence-electron chi connectivity index (χ1n) is 3.79. The summed E-state index contributed by atoms with van der Waals surface area (Å²) in [6.07, 6.45) is 4.52. The van der Waals surface area contributed by atoms with Crippen LogP contribution in [0.2, 0.25) is 0 Å². The van der Waals surface area contributed by atoms with E-state index in [1.165, 1.54) is 4.88 Å². The number of oxime groups is 1. The molecule has 0 bridgehead atoms. The second-order valence-electron chi connectivity index (χ2n) is 2.29. The summed E-state index contributed by atoms with van der Waals surface area (Å²) < 4.78 is 0. The lowest BCUT2D eigenvalue weighted by molar-refractivity contribution is 0.318. The van der Waals surface area contributed by atoms with Gasteiger partial charge < -0.3 is 5.21 Å². The Kier molecular flexibility index (Phi) is 3.54. The van der Waals surface area contributed by atoms with E-state index in [1.807, 2.05) is 36.6 Å². The van der Waals surface area contributed by atoms with Crippen LogP contribution in [0, 0.1) is 0 Å². The summed E-state index contributed by atoms with van der Waals surface area (Å²) in [6.45, 7) is 1.95. The van der Waals surface area contributed by atoms with Gasteiger partial charge in [0.15, 0.2) is 0 Å². The van der Waals surface area contributed by atoms with Gasteiger partial charge in [-0.1, -0.05) is 18.1 Å². The van der Waals surface area contributed by atoms with E-state index in [2.05, 4.69) is 5.16 Å². The van der Waals surface area contributed by atoms with Crippen molar-refractivity contribution in [2.45, 2.75) is 13.3 Å². The monoisotopic (exact) mass is 181 g/mol. The maximum Gasteiger partial charge on any atom is 0.0793 e. The first-order chi connectivity index (χ1) is 5.86. The van der Waals surface area contributed by atoms with E-state index in [-0.39, 0.29) is 0 Å². The fraction of sp³-hybridized carbons (Fsp3) is 0.222. The second kappa shape index (κ2) is 4.72. The molecule has 0 aliphatic heterocycles. The van der Waals surface area contributed by atoms with Gasteiger partial charge in [-0.3, -0.25) is 0 Å². The molecular weight excluding hydrogens is 170 g/mol. The molecule has 2 nitrogen and oxygen atoms in total. The number of hydrogen-bond donors (Lipinski definition) is 1. The third-order valence-electron chi connectivity index (χ3n) is 1.47. The molecule has 0 unspecified atom stereocenters. The van der Waals surface area contributed by atoms with Gasteiger partial charge in [0.2, 0.25) is 0 Å². The molecular formula is C9H11NOS. The topological polar surface area (TPSA) is 32.6 Å². The minimum Gasteiger partial charge on any atom is -0.411 e. The summed E-state index contributed by atoms with van der Waals surface area (Å²) >= 11 is 1.66. The van der Waals surface area contributed by atoms with Gasteiger partial charge in [-0.2, -0.15) is 0 Å². The van der Waals surface area contributed by atoms with Crippen molar-refractivity contribution in [3.05, 3.63) is 28.5 Å². The van der Waals surface area contributed by atoms with Crippen LogP contribution in [0.1, 0.15) is 18.2 Å². The fourth-order valence-corrected chi connectivity index (χ4v) is 1.40. The molecule has 0 aliphatic carbocycles. The first-order valence-corrected chi connectivity index (χ1v) is 4.67. The van der Waals surface area contributed by atoms with Crippen LogP contribution >= 0.6 is 11.3 Å². The average molecular weight is 181 g/mol. The molecule has 1 N–H and O–H groups in total. The van der Waals surface area contributed by atoms with Crippen LogP contribution < -0.4 is 0 Å². The zero-order chi connectivity index (χ0) is 8.81. The molecule has 12 heavy (non-hydrogen) atoms. The Bertz CT molecular complexity index is 275. The van der Waals surface area contributed by atoms with Gasteiger partial charge in [0, 0.05) is 4.88 Å². The molecule has 3 heteroatoms. The quantitative estimate of drug-likeness (QED) is 0.434. The fourth-order valence-electron chi connectivity index (χ4n) is 0.786. The van der Waals surface area contributed by atoms with Crippen molar-refractivity contribution >= 4 is 23.1 Å². The highest BCUT2D eigenvalue weighted by Crippen LogP contribution is 2.10. The highest BCUT2D eigenvalue weighted by molar-refractivity contribution is 7.10. The highest BCUT2D eigenvalue weighted by Gasteiger charge is 1.90. The third kappa shape index (κ3) is 2.51. The van der Waals surface area contributed by atoms with Crippen LogP contribution in [-0.4, -0.2) is 10.9 Å². The summed E-state index contributed by atoms with van der Waals surface area (Å²) in [5, 5.41) is 13.7. The minimum absolute atomic E-state index is 0.698. The van der Waals surface area contributed by atoms with Gasteiger partial charge in [-0.15, -0.1) is 11.3 Å². The molecule has 0 saturated carbocycles. The van der Waals surface area contributed by atoms with Crippen molar-refractivity contribution in [3.63, 3.8) is 0 Å². The SMILES string of the molecule is CCC(/C=C/c1cccs1)=N/O. The van der Waals surface area contributed by atoms with Gasteiger partial charge in [-0.25, -0.2) is 0 Å². The molecule has 1 heterocycles. The Morgan fingerprint density at radius 2 is 2.58 bits per heavy atom. The Morgan fingerprint density at radius 1 is 1.75 bits per heavy atom. The first kappa shape index (κ1) is 9.00. The number of allylic oxidation sites excluding steroid dienone is 1. The van der Waals surface area contributed by atoms with Crippen LogP contribution in [-0.2, 0) is 0 Å². The Hall–Kier alpha value is -1.09. The van der Waals surface area contributed by atoms with Crippen LogP contribution in [0.4, 0.5) is 0 Å². The van der Waals surface area contributed by atoms with E-state index in [0.717, 1.165) is 6.42 Å². The van der Waals surface area contributed by atoms with Gasteiger partial charge in [0.1, 0.15) is 0 Å². The van der Waals surface area contributed by atoms with E-state index >= 15 is 0 Å². The summed E-state index contributed by atoms with van der Waals surface area (Å²) in [6, 6.07) is 4.01. The molecule has 0 atom stereocenters. The number of thiophene rings is 1. The molecule has 1 aromatic heterocycles. The highest BCUT2D eigenvalue weighted by atomic mass is 32.1. The molecule has 0 aromatic carbocycles. The lowest BCUT2D eigenvalue weighted by Gasteiger charge is -1.89. The molecule has 1 aromatic rings. The van der Waals surface area contributed by atoms with Gasteiger partial charge in [0.05, 0.1) is 5.71 Å². The van der Waals surface area contributed by atoms with Crippen LogP contribution in [0.25, 0.3) is 6.08 Å². The Balaban J connectivity index is 2.62. The Labute approximate surface area is 75.9 Å². The summed E-state index contributed by atoms with van der Waals surface area (Å²) in [7, 11) is 0. The summed E-state index contributed by atoms with van der Waals surface area (Å²) in [5.41, 5.74) is 0.698. The lowest BCUT2D eigenvalue weighted by Crippen LogP contribution is -1.88. The zero-order valence-electron chi connectivity index (χ0n) is 6.90. The molecule has 0 aliphatic rings. The minimum atomic E-state index is 0.698. The van der Waals surface area contributed by atoms with Gasteiger partial charge in [-0.05, 0) is 30.0 Å². The summed E-state index contributed by atoms with van der Waals surface area (Å²) in [4.78, 5) is 1.17. The van der Waals surface area contributed by atoms with Crippen LogP contribution in [0.5, 0.6) is 0 Å². The van der Waals surface area contributed by atoms with Crippen molar-refractivity contribution in [2.75, 3.05) is 0 Å². The third-order valence-corrected chi connectivity index (χ3v) is 2.31. The smallest absolute Gasteiger partial charge is 0.0793 e.